The van der Waals surface area contributed by atoms with Gasteiger partial charge in [-0.2, -0.15) is 0 Å². The average Bonchev–Trinajstić information content (AvgIpc) is 2.03. The van der Waals surface area contributed by atoms with Gasteiger partial charge in [-0.3, -0.25) is 4.21 Å². The number of aliphatic imine (C=N–C) groups is 1. The summed E-state index contributed by atoms with van der Waals surface area (Å²) in [6.45, 7) is 1.60. The van der Waals surface area contributed by atoms with Crippen LogP contribution in [0.15, 0.2) is 34.2 Å². The van der Waals surface area contributed by atoms with Gasteiger partial charge in [0.25, 0.3) is 0 Å². The van der Waals surface area contributed by atoms with Crippen LogP contribution in [0.3, 0.4) is 0 Å². The standard InChI is InChI=1S/C8H10N2O2S/c1-6(9)10-7-4-2-3-5-8(7)13(11)12/h2-5H,1H3,(H2,9,10)(H,11,12)/p-1. The lowest BCUT2D eigenvalue weighted by molar-refractivity contribution is 0.537. The molecule has 0 amide bonds. The van der Waals surface area contributed by atoms with Crippen LogP contribution in [0, 0.1) is 0 Å². The fourth-order valence-electron chi connectivity index (χ4n) is 0.880. The highest BCUT2D eigenvalue weighted by molar-refractivity contribution is 7.79. The zero-order valence-corrected chi connectivity index (χ0v) is 7.88. The van der Waals surface area contributed by atoms with Crippen molar-refractivity contribution in [3.05, 3.63) is 24.3 Å². The summed E-state index contributed by atoms with van der Waals surface area (Å²) in [6, 6.07) is 6.42. The molecule has 1 aromatic carbocycles. The molecule has 0 heterocycles. The Morgan fingerprint density at radius 1 is 1.54 bits per heavy atom. The van der Waals surface area contributed by atoms with Gasteiger partial charge in [0.15, 0.2) is 0 Å². The Morgan fingerprint density at radius 2 is 2.15 bits per heavy atom. The molecular formula is C8H9N2O2S-. The third kappa shape index (κ3) is 2.64. The third-order valence-corrected chi connectivity index (χ3v) is 2.05. The molecule has 1 unspecified atom stereocenters. The molecule has 1 rings (SSSR count). The van der Waals surface area contributed by atoms with Crippen LogP contribution in [0.2, 0.25) is 0 Å². The van der Waals surface area contributed by atoms with Crippen molar-refractivity contribution < 1.29 is 8.76 Å². The molecule has 0 saturated carbocycles. The van der Waals surface area contributed by atoms with Crippen LogP contribution in [0.5, 0.6) is 0 Å². The molecule has 0 spiro atoms. The van der Waals surface area contributed by atoms with Gasteiger partial charge in [0.1, 0.15) is 0 Å². The first kappa shape index (κ1) is 9.88. The van der Waals surface area contributed by atoms with Crippen LogP contribution < -0.4 is 5.73 Å². The molecule has 70 valence electrons. The quantitative estimate of drug-likeness (QED) is 0.435. The minimum atomic E-state index is -2.27. The fraction of sp³-hybridized carbons (Fsp3) is 0.125. The van der Waals surface area contributed by atoms with Gasteiger partial charge in [-0.1, -0.05) is 12.1 Å². The van der Waals surface area contributed by atoms with Crippen LogP contribution in [0.25, 0.3) is 0 Å². The molecule has 0 bridgehead atoms. The first-order chi connectivity index (χ1) is 6.11. The number of nitrogens with two attached hydrogens (primary N) is 1. The smallest absolute Gasteiger partial charge is 0.0965 e. The van der Waals surface area contributed by atoms with Crippen molar-refractivity contribution in [3.8, 4) is 0 Å². The maximum atomic E-state index is 10.7. The van der Waals surface area contributed by atoms with E-state index in [1.165, 1.54) is 6.07 Å². The van der Waals surface area contributed by atoms with E-state index in [9.17, 15) is 8.76 Å². The van der Waals surface area contributed by atoms with Gasteiger partial charge >= 0.3 is 0 Å². The molecule has 0 radical (unpaired) electrons. The van der Waals surface area contributed by atoms with Crippen molar-refractivity contribution in [2.75, 3.05) is 0 Å². The van der Waals surface area contributed by atoms with Gasteiger partial charge in [0.2, 0.25) is 0 Å². The summed E-state index contributed by atoms with van der Waals surface area (Å²) >= 11 is -2.27. The molecule has 1 aromatic rings. The zero-order valence-electron chi connectivity index (χ0n) is 7.06. The first-order valence-electron chi connectivity index (χ1n) is 3.60. The minimum Gasteiger partial charge on any atom is -0.768 e. The molecule has 0 aliphatic rings. The molecule has 5 heteroatoms. The van der Waals surface area contributed by atoms with Crippen molar-refractivity contribution in [3.63, 3.8) is 0 Å². The number of nitrogens with zero attached hydrogens (tertiary/aromatic N) is 1. The second-order valence-corrected chi connectivity index (χ2v) is 3.36. The van der Waals surface area contributed by atoms with Gasteiger partial charge in [0.05, 0.1) is 16.4 Å². The monoisotopic (exact) mass is 197 g/mol. The highest BCUT2D eigenvalue weighted by atomic mass is 32.2. The summed E-state index contributed by atoms with van der Waals surface area (Å²) in [5, 5.41) is 0. The van der Waals surface area contributed by atoms with Crippen molar-refractivity contribution in [2.45, 2.75) is 11.8 Å². The average molecular weight is 197 g/mol. The summed E-state index contributed by atoms with van der Waals surface area (Å²) in [5.74, 6) is 0.331. The van der Waals surface area contributed by atoms with Crippen LogP contribution in [-0.4, -0.2) is 14.6 Å². The topological polar surface area (TPSA) is 78.5 Å². The predicted molar refractivity (Wildman–Crippen MR) is 50.6 cm³/mol. The number of hydrogen-bond donors (Lipinski definition) is 1. The SMILES string of the molecule is CC(N)=Nc1ccccc1S(=O)[O-]. The van der Waals surface area contributed by atoms with Crippen LogP contribution in [-0.2, 0) is 11.1 Å². The Kier molecular flexibility index (Phi) is 3.16. The maximum absolute atomic E-state index is 10.7. The normalized spacial score (nSPS) is 14.2. The molecule has 13 heavy (non-hydrogen) atoms. The summed E-state index contributed by atoms with van der Waals surface area (Å²) < 4.78 is 21.4. The second-order valence-electron chi connectivity index (χ2n) is 2.46. The lowest BCUT2D eigenvalue weighted by Crippen LogP contribution is -2.04. The summed E-state index contributed by atoms with van der Waals surface area (Å²) in [6.07, 6.45) is 0. The number of amidine groups is 1. The van der Waals surface area contributed by atoms with Crippen LogP contribution in [0.1, 0.15) is 6.92 Å². The fourth-order valence-corrected chi connectivity index (χ4v) is 1.35. The summed E-state index contributed by atoms with van der Waals surface area (Å²) in [4.78, 5) is 4.04. The van der Waals surface area contributed by atoms with E-state index in [-0.39, 0.29) is 4.90 Å². The van der Waals surface area contributed by atoms with Crippen LogP contribution >= 0.6 is 0 Å². The van der Waals surface area contributed by atoms with Crippen molar-refractivity contribution >= 4 is 22.6 Å². The van der Waals surface area contributed by atoms with Gasteiger partial charge in [-0.15, -0.1) is 0 Å². The van der Waals surface area contributed by atoms with Gasteiger partial charge in [-0.05, 0) is 30.1 Å². The molecular weight excluding hydrogens is 188 g/mol. The first-order valence-corrected chi connectivity index (χ1v) is 4.68. The highest BCUT2D eigenvalue weighted by Crippen LogP contribution is 2.20. The van der Waals surface area contributed by atoms with E-state index in [1.54, 1.807) is 25.1 Å². The largest absolute Gasteiger partial charge is 0.768 e. The van der Waals surface area contributed by atoms with Crippen molar-refractivity contribution in [1.82, 2.24) is 0 Å². The van der Waals surface area contributed by atoms with E-state index in [0.717, 1.165) is 0 Å². The maximum Gasteiger partial charge on any atom is 0.0965 e. The van der Waals surface area contributed by atoms with E-state index < -0.39 is 11.1 Å². The second kappa shape index (κ2) is 4.15. The molecule has 1 atom stereocenters. The molecule has 4 nitrogen and oxygen atoms in total. The van der Waals surface area contributed by atoms with Gasteiger partial charge in [0, 0.05) is 0 Å². The Labute approximate surface area is 78.8 Å². The minimum absolute atomic E-state index is 0.160. The van der Waals surface area contributed by atoms with Gasteiger partial charge < -0.3 is 10.3 Å². The zero-order chi connectivity index (χ0) is 9.84. The molecule has 0 saturated heterocycles. The molecule has 0 aliphatic heterocycles. The molecule has 0 aliphatic carbocycles. The molecule has 0 aromatic heterocycles. The summed E-state index contributed by atoms with van der Waals surface area (Å²) in [7, 11) is 0. The number of rotatable bonds is 2. The highest BCUT2D eigenvalue weighted by Gasteiger charge is 1.99. The lowest BCUT2D eigenvalue weighted by atomic mass is 10.3. The predicted octanol–water partition coefficient (Wildman–Crippen LogP) is 0.933. The van der Waals surface area contributed by atoms with E-state index in [1.807, 2.05) is 0 Å². The Morgan fingerprint density at radius 3 is 2.69 bits per heavy atom. The van der Waals surface area contributed by atoms with E-state index in [2.05, 4.69) is 4.99 Å². The Hall–Kier alpha value is -1.20. The molecule has 2 N–H and O–H groups in total. The molecule has 0 fully saturated rings. The van der Waals surface area contributed by atoms with E-state index in [0.29, 0.717) is 11.5 Å². The third-order valence-electron chi connectivity index (χ3n) is 1.34. The van der Waals surface area contributed by atoms with E-state index >= 15 is 0 Å². The number of benzene rings is 1. The van der Waals surface area contributed by atoms with E-state index in [4.69, 9.17) is 5.73 Å². The summed E-state index contributed by atoms with van der Waals surface area (Å²) in [5.41, 5.74) is 5.71. The lowest BCUT2D eigenvalue weighted by Gasteiger charge is -2.07. The van der Waals surface area contributed by atoms with Crippen molar-refractivity contribution in [2.24, 2.45) is 10.7 Å². The van der Waals surface area contributed by atoms with Gasteiger partial charge in [-0.25, -0.2) is 4.99 Å². The van der Waals surface area contributed by atoms with Crippen LogP contribution in [0.4, 0.5) is 5.69 Å². The Bertz CT molecular complexity index is 359. The Balaban J connectivity index is 3.20. The van der Waals surface area contributed by atoms with Crippen molar-refractivity contribution in [1.29, 1.82) is 0 Å². The number of para-hydroxylation sites is 1. The number of hydrogen-bond acceptors (Lipinski definition) is 3.